The molecule has 0 saturated carbocycles. The van der Waals surface area contributed by atoms with Crippen molar-refractivity contribution in [2.45, 2.75) is 6.42 Å². The zero-order chi connectivity index (χ0) is 19.8. The third-order valence-electron chi connectivity index (χ3n) is 4.82. The minimum atomic E-state index is -0.405. The standard InChI is InChI=1S/C23H16N4OS/c24-21-19(14-17-11-6-10-16-9-4-5-12-18(16)17)22(28)25-23-27(21)26-20(29-23)13-15-7-2-1-3-8-15/h1-12,14,24H,13H2/b19-14-,24-21?. The minimum Gasteiger partial charge on any atom is -0.282 e. The zero-order valence-corrected chi connectivity index (χ0v) is 16.2. The van der Waals surface area contributed by atoms with Crippen LogP contribution in [0.3, 0.4) is 0 Å². The summed E-state index contributed by atoms with van der Waals surface area (Å²) in [7, 11) is 0. The largest absolute Gasteiger partial charge is 0.283 e. The predicted octanol–water partition coefficient (Wildman–Crippen LogP) is 4.70. The summed E-state index contributed by atoms with van der Waals surface area (Å²) in [4.78, 5) is 16.9. The van der Waals surface area contributed by atoms with Crippen molar-refractivity contribution in [3.8, 4) is 0 Å². The molecule has 0 bridgehead atoms. The van der Waals surface area contributed by atoms with Crippen LogP contribution in [0.5, 0.6) is 0 Å². The summed E-state index contributed by atoms with van der Waals surface area (Å²) in [5.74, 6) is -0.346. The van der Waals surface area contributed by atoms with E-state index < -0.39 is 5.91 Å². The number of nitrogens with one attached hydrogen (secondary N) is 1. The van der Waals surface area contributed by atoms with Gasteiger partial charge < -0.3 is 0 Å². The van der Waals surface area contributed by atoms with Crippen LogP contribution in [0.4, 0.5) is 0 Å². The number of hydrogen-bond acceptors (Lipinski definition) is 4. The van der Waals surface area contributed by atoms with Gasteiger partial charge in [-0.25, -0.2) is 0 Å². The predicted molar refractivity (Wildman–Crippen MR) is 119 cm³/mol. The van der Waals surface area contributed by atoms with Crippen molar-refractivity contribution in [2.75, 3.05) is 0 Å². The minimum absolute atomic E-state index is 0.0588. The van der Waals surface area contributed by atoms with Crippen molar-refractivity contribution >= 4 is 50.6 Å². The van der Waals surface area contributed by atoms with Gasteiger partial charge in [-0.05, 0) is 39.7 Å². The van der Waals surface area contributed by atoms with E-state index in [-0.39, 0.29) is 11.4 Å². The Morgan fingerprint density at radius 2 is 1.72 bits per heavy atom. The second-order valence-corrected chi connectivity index (χ2v) is 7.79. The first-order valence-electron chi connectivity index (χ1n) is 9.20. The summed E-state index contributed by atoms with van der Waals surface area (Å²) in [6, 6.07) is 23.9. The molecule has 5 rings (SSSR count). The molecular weight excluding hydrogens is 380 g/mol. The Labute approximate surface area is 172 Å². The maximum atomic E-state index is 12.7. The summed E-state index contributed by atoms with van der Waals surface area (Å²) in [6.07, 6.45) is 2.38. The number of amidine groups is 2. The molecule has 3 aromatic rings. The highest BCUT2D eigenvalue weighted by Gasteiger charge is 2.35. The summed E-state index contributed by atoms with van der Waals surface area (Å²) in [6.45, 7) is 0. The number of rotatable bonds is 3. The van der Waals surface area contributed by atoms with Gasteiger partial charge in [0, 0.05) is 6.42 Å². The van der Waals surface area contributed by atoms with E-state index in [1.807, 2.05) is 72.8 Å². The molecule has 0 unspecified atom stereocenters. The summed E-state index contributed by atoms with van der Waals surface area (Å²) in [5, 5.41) is 17.9. The molecule has 2 heterocycles. The monoisotopic (exact) mass is 396 g/mol. The molecule has 0 atom stereocenters. The maximum Gasteiger partial charge on any atom is 0.283 e. The van der Waals surface area contributed by atoms with Crippen molar-refractivity contribution in [3.63, 3.8) is 0 Å². The van der Waals surface area contributed by atoms with E-state index >= 15 is 0 Å². The number of nitrogens with zero attached hydrogens (tertiary/aromatic N) is 3. The number of amides is 1. The van der Waals surface area contributed by atoms with Crippen molar-refractivity contribution in [3.05, 3.63) is 89.5 Å². The van der Waals surface area contributed by atoms with E-state index in [4.69, 9.17) is 5.41 Å². The molecule has 3 aromatic carbocycles. The van der Waals surface area contributed by atoms with Crippen LogP contribution in [0, 0.1) is 5.41 Å². The van der Waals surface area contributed by atoms with Crippen LogP contribution < -0.4 is 0 Å². The lowest BCUT2D eigenvalue weighted by Gasteiger charge is -2.20. The van der Waals surface area contributed by atoms with Crippen LogP contribution in [-0.2, 0) is 11.2 Å². The lowest BCUT2D eigenvalue weighted by atomic mass is 10.0. The average molecular weight is 396 g/mol. The van der Waals surface area contributed by atoms with Gasteiger partial charge in [0.25, 0.3) is 5.91 Å². The van der Waals surface area contributed by atoms with Crippen LogP contribution in [-0.4, -0.2) is 27.0 Å². The summed E-state index contributed by atoms with van der Waals surface area (Å²) >= 11 is 1.34. The first kappa shape index (κ1) is 17.6. The normalized spacial score (nSPS) is 17.5. The molecule has 1 amide bonds. The number of benzene rings is 3. The van der Waals surface area contributed by atoms with Crippen LogP contribution in [0.1, 0.15) is 11.1 Å². The molecule has 0 spiro atoms. The highest BCUT2D eigenvalue weighted by Crippen LogP contribution is 2.30. The first-order chi connectivity index (χ1) is 14.2. The van der Waals surface area contributed by atoms with Crippen LogP contribution in [0.25, 0.3) is 16.8 Å². The SMILES string of the molecule is N=C1/C(=C/c2cccc3ccccc23)C(=O)N=C2SC(Cc3ccccc3)=NN12. The van der Waals surface area contributed by atoms with E-state index in [1.165, 1.54) is 16.8 Å². The van der Waals surface area contributed by atoms with E-state index in [2.05, 4.69) is 10.1 Å². The highest BCUT2D eigenvalue weighted by atomic mass is 32.2. The second kappa shape index (κ2) is 7.14. The van der Waals surface area contributed by atoms with Gasteiger partial charge in [0.2, 0.25) is 5.17 Å². The average Bonchev–Trinajstić information content (AvgIpc) is 3.14. The van der Waals surface area contributed by atoms with E-state index in [0.29, 0.717) is 11.6 Å². The molecule has 5 nitrogen and oxygen atoms in total. The number of carbonyl (C=O) groups excluding carboxylic acids is 1. The third-order valence-corrected chi connectivity index (χ3v) is 5.73. The van der Waals surface area contributed by atoms with Gasteiger partial charge in [-0.3, -0.25) is 10.2 Å². The van der Waals surface area contributed by atoms with Crippen molar-refractivity contribution in [1.82, 2.24) is 5.01 Å². The van der Waals surface area contributed by atoms with Gasteiger partial charge in [-0.15, -0.1) is 0 Å². The molecule has 2 aliphatic heterocycles. The Kier molecular flexibility index (Phi) is 4.33. The molecule has 0 fully saturated rings. The lowest BCUT2D eigenvalue weighted by molar-refractivity contribution is -0.114. The fourth-order valence-electron chi connectivity index (χ4n) is 3.41. The number of hydrazone groups is 1. The number of carbonyl (C=O) groups is 1. The number of hydrogen-bond donors (Lipinski definition) is 1. The van der Waals surface area contributed by atoms with Gasteiger partial charge in [0.15, 0.2) is 5.84 Å². The topological polar surface area (TPSA) is 68.9 Å². The first-order valence-corrected chi connectivity index (χ1v) is 10.0. The summed E-state index contributed by atoms with van der Waals surface area (Å²) < 4.78 is 0. The van der Waals surface area contributed by atoms with E-state index in [1.54, 1.807) is 6.08 Å². The highest BCUT2D eigenvalue weighted by molar-refractivity contribution is 8.26. The maximum absolute atomic E-state index is 12.7. The Morgan fingerprint density at radius 1 is 0.966 bits per heavy atom. The molecule has 0 aliphatic carbocycles. The number of thioether (sulfide) groups is 1. The Hall–Kier alpha value is -3.51. The Balaban J connectivity index is 1.49. The van der Waals surface area contributed by atoms with Gasteiger partial charge >= 0.3 is 0 Å². The summed E-state index contributed by atoms with van der Waals surface area (Å²) in [5.41, 5.74) is 2.26. The molecule has 0 radical (unpaired) electrons. The molecule has 140 valence electrons. The van der Waals surface area contributed by atoms with Crippen molar-refractivity contribution in [2.24, 2.45) is 10.1 Å². The molecule has 29 heavy (non-hydrogen) atoms. The second-order valence-electron chi connectivity index (χ2n) is 6.74. The van der Waals surface area contributed by atoms with Crippen LogP contribution in [0.15, 0.2) is 88.5 Å². The Bertz CT molecular complexity index is 1240. The molecule has 0 saturated heterocycles. The third kappa shape index (κ3) is 3.28. The van der Waals surface area contributed by atoms with Crippen LogP contribution in [0.2, 0.25) is 0 Å². The van der Waals surface area contributed by atoms with E-state index in [0.717, 1.165) is 26.9 Å². The quantitative estimate of drug-likeness (QED) is 0.653. The molecule has 0 aromatic heterocycles. The lowest BCUT2D eigenvalue weighted by Crippen LogP contribution is -2.35. The smallest absolute Gasteiger partial charge is 0.282 e. The van der Waals surface area contributed by atoms with Crippen molar-refractivity contribution in [1.29, 1.82) is 5.41 Å². The van der Waals surface area contributed by atoms with Crippen LogP contribution >= 0.6 is 11.8 Å². The molecule has 6 heteroatoms. The zero-order valence-electron chi connectivity index (χ0n) is 15.4. The van der Waals surface area contributed by atoms with Gasteiger partial charge in [0.1, 0.15) is 5.04 Å². The fraction of sp³-hybridized carbons (Fsp3) is 0.0435. The fourth-order valence-corrected chi connectivity index (χ4v) is 4.32. The molecule has 2 aliphatic rings. The van der Waals surface area contributed by atoms with E-state index in [9.17, 15) is 4.79 Å². The Morgan fingerprint density at radius 3 is 2.59 bits per heavy atom. The number of aliphatic imine (C=N–C) groups is 1. The van der Waals surface area contributed by atoms with Gasteiger partial charge in [0.05, 0.1) is 5.57 Å². The molecular formula is C23H16N4OS. The number of fused-ring (bicyclic) bond motifs is 2. The van der Waals surface area contributed by atoms with Gasteiger partial charge in [-0.2, -0.15) is 15.1 Å². The van der Waals surface area contributed by atoms with Gasteiger partial charge in [-0.1, -0.05) is 72.8 Å². The van der Waals surface area contributed by atoms with Crippen molar-refractivity contribution < 1.29 is 4.79 Å². The molecule has 1 N–H and O–H groups in total.